The van der Waals surface area contributed by atoms with Gasteiger partial charge in [0.05, 0.1) is 0 Å². The Labute approximate surface area is 164 Å². The van der Waals surface area contributed by atoms with Crippen LogP contribution in [0.2, 0.25) is 0 Å². The second-order valence-corrected chi connectivity index (χ2v) is 8.81. The molecule has 1 unspecified atom stereocenters. The number of carbonyl (C=O) groups excluding carboxylic acids is 3. The van der Waals surface area contributed by atoms with Crippen molar-refractivity contribution in [3.8, 4) is 0 Å². The summed E-state index contributed by atoms with van der Waals surface area (Å²) < 4.78 is 0. The first-order valence-electron chi connectivity index (χ1n) is 10.2. The molecule has 3 amide bonds. The highest BCUT2D eigenvalue weighted by molar-refractivity contribution is 6.05. The van der Waals surface area contributed by atoms with Gasteiger partial charge in [0.1, 0.15) is 6.04 Å². The lowest BCUT2D eigenvalue weighted by Gasteiger charge is -2.49. The standard InChI is InChI=1S/C21H26N4O3/c26-18-5-4-17(19(27)23-18)25-10-15-3-2-14(8-16(15)20(25)28)9-24-7-1-6-21(13-24)11-22-12-21/h2-3,8,17,22H,1,4-7,9-13H2,(H,23,26,27). The third-order valence-electron chi connectivity index (χ3n) is 6.74. The van der Waals surface area contributed by atoms with Crippen LogP contribution in [-0.2, 0) is 22.7 Å². The second kappa shape index (κ2) is 6.67. The van der Waals surface area contributed by atoms with E-state index in [0.717, 1.165) is 43.9 Å². The molecule has 148 valence electrons. The number of piperidine rings is 2. The Hall–Kier alpha value is -2.25. The van der Waals surface area contributed by atoms with E-state index in [4.69, 9.17) is 0 Å². The predicted molar refractivity (Wildman–Crippen MR) is 102 cm³/mol. The molecule has 3 fully saturated rings. The van der Waals surface area contributed by atoms with Gasteiger partial charge in [0.25, 0.3) is 5.91 Å². The Morgan fingerprint density at radius 1 is 1.18 bits per heavy atom. The summed E-state index contributed by atoms with van der Waals surface area (Å²) in [4.78, 5) is 40.7. The zero-order valence-corrected chi connectivity index (χ0v) is 16.0. The quantitative estimate of drug-likeness (QED) is 0.750. The molecule has 4 aliphatic rings. The molecule has 4 heterocycles. The highest BCUT2D eigenvalue weighted by Crippen LogP contribution is 2.34. The van der Waals surface area contributed by atoms with Crippen LogP contribution in [0.25, 0.3) is 0 Å². The lowest BCUT2D eigenvalue weighted by Crippen LogP contribution is -2.60. The molecule has 0 aliphatic carbocycles. The Morgan fingerprint density at radius 3 is 2.79 bits per heavy atom. The zero-order chi connectivity index (χ0) is 19.3. The van der Waals surface area contributed by atoms with E-state index in [2.05, 4.69) is 21.6 Å². The highest BCUT2D eigenvalue weighted by Gasteiger charge is 2.41. The van der Waals surface area contributed by atoms with E-state index in [-0.39, 0.29) is 24.1 Å². The van der Waals surface area contributed by atoms with Crippen molar-refractivity contribution < 1.29 is 14.4 Å². The van der Waals surface area contributed by atoms with E-state index in [1.165, 1.54) is 12.8 Å². The largest absolute Gasteiger partial charge is 0.322 e. The minimum atomic E-state index is -0.547. The maximum atomic E-state index is 13.0. The molecule has 0 bridgehead atoms. The van der Waals surface area contributed by atoms with Crippen molar-refractivity contribution in [1.29, 1.82) is 0 Å². The molecule has 1 aromatic carbocycles. The molecule has 4 aliphatic heterocycles. The van der Waals surface area contributed by atoms with Crippen molar-refractivity contribution in [3.63, 3.8) is 0 Å². The first-order valence-corrected chi connectivity index (χ1v) is 10.2. The number of amides is 3. The number of fused-ring (bicyclic) bond motifs is 1. The molecule has 0 radical (unpaired) electrons. The molecule has 7 nitrogen and oxygen atoms in total. The van der Waals surface area contributed by atoms with Crippen molar-refractivity contribution >= 4 is 17.7 Å². The Bertz CT molecular complexity index is 848. The Morgan fingerprint density at radius 2 is 2.04 bits per heavy atom. The van der Waals surface area contributed by atoms with Gasteiger partial charge in [0.15, 0.2) is 0 Å². The third-order valence-corrected chi connectivity index (χ3v) is 6.74. The van der Waals surface area contributed by atoms with Crippen LogP contribution in [0.4, 0.5) is 0 Å². The van der Waals surface area contributed by atoms with Gasteiger partial charge in [-0.2, -0.15) is 0 Å². The molecular weight excluding hydrogens is 356 g/mol. The topological polar surface area (TPSA) is 81.8 Å². The Kier molecular flexibility index (Phi) is 4.25. The maximum Gasteiger partial charge on any atom is 0.255 e. The summed E-state index contributed by atoms with van der Waals surface area (Å²) in [6, 6.07) is 5.60. The lowest BCUT2D eigenvalue weighted by atomic mass is 9.75. The zero-order valence-electron chi connectivity index (χ0n) is 16.0. The monoisotopic (exact) mass is 382 g/mol. The Balaban J connectivity index is 1.29. The summed E-state index contributed by atoms with van der Waals surface area (Å²) >= 11 is 0. The van der Waals surface area contributed by atoms with Crippen LogP contribution in [0, 0.1) is 5.41 Å². The normalized spacial score (nSPS) is 26.9. The van der Waals surface area contributed by atoms with Gasteiger partial charge in [0, 0.05) is 50.1 Å². The van der Waals surface area contributed by atoms with E-state index in [1.807, 2.05) is 12.1 Å². The van der Waals surface area contributed by atoms with Gasteiger partial charge in [0.2, 0.25) is 11.8 Å². The van der Waals surface area contributed by atoms with Crippen LogP contribution < -0.4 is 10.6 Å². The highest BCUT2D eigenvalue weighted by atomic mass is 16.2. The fourth-order valence-electron chi connectivity index (χ4n) is 5.17. The van der Waals surface area contributed by atoms with E-state index in [1.54, 1.807) is 4.90 Å². The minimum Gasteiger partial charge on any atom is -0.322 e. The van der Waals surface area contributed by atoms with E-state index in [0.29, 0.717) is 23.9 Å². The lowest BCUT2D eigenvalue weighted by molar-refractivity contribution is -0.136. The van der Waals surface area contributed by atoms with Crippen LogP contribution >= 0.6 is 0 Å². The van der Waals surface area contributed by atoms with Crippen molar-refractivity contribution in [3.05, 3.63) is 34.9 Å². The molecule has 1 spiro atoms. The van der Waals surface area contributed by atoms with Crippen molar-refractivity contribution in [1.82, 2.24) is 20.4 Å². The predicted octanol–water partition coefficient (Wildman–Crippen LogP) is 0.633. The molecule has 28 heavy (non-hydrogen) atoms. The minimum absolute atomic E-state index is 0.0929. The average Bonchev–Trinajstić information content (AvgIpc) is 2.97. The summed E-state index contributed by atoms with van der Waals surface area (Å²) in [5.41, 5.74) is 3.28. The number of rotatable bonds is 3. The second-order valence-electron chi connectivity index (χ2n) is 8.81. The number of hydrogen-bond donors (Lipinski definition) is 2. The molecular formula is C21H26N4O3. The summed E-state index contributed by atoms with van der Waals surface area (Å²) in [6.45, 7) is 5.77. The van der Waals surface area contributed by atoms with Gasteiger partial charge in [-0.25, -0.2) is 0 Å². The first kappa shape index (κ1) is 17.8. The van der Waals surface area contributed by atoms with Gasteiger partial charge in [-0.15, -0.1) is 0 Å². The molecule has 2 N–H and O–H groups in total. The van der Waals surface area contributed by atoms with Gasteiger partial charge in [-0.1, -0.05) is 12.1 Å². The summed E-state index contributed by atoms with van der Waals surface area (Å²) in [6.07, 6.45) is 3.23. The van der Waals surface area contributed by atoms with Crippen LogP contribution in [0.15, 0.2) is 18.2 Å². The molecule has 0 aromatic heterocycles. The van der Waals surface area contributed by atoms with Crippen LogP contribution in [0.3, 0.4) is 0 Å². The van der Waals surface area contributed by atoms with Crippen molar-refractivity contribution in [2.75, 3.05) is 26.2 Å². The van der Waals surface area contributed by atoms with Gasteiger partial charge < -0.3 is 10.2 Å². The summed E-state index contributed by atoms with van der Waals surface area (Å²) in [7, 11) is 0. The van der Waals surface area contributed by atoms with Gasteiger partial charge >= 0.3 is 0 Å². The summed E-state index contributed by atoms with van der Waals surface area (Å²) in [5, 5.41) is 5.76. The third kappa shape index (κ3) is 3.02. The average molecular weight is 382 g/mol. The first-order chi connectivity index (χ1) is 13.5. The fourth-order valence-corrected chi connectivity index (χ4v) is 5.17. The SMILES string of the molecule is O=C1CCC(N2Cc3ccc(CN4CCCC5(CNC5)C4)cc3C2=O)C(=O)N1. The van der Waals surface area contributed by atoms with Crippen molar-refractivity contribution in [2.24, 2.45) is 5.41 Å². The molecule has 7 heteroatoms. The smallest absolute Gasteiger partial charge is 0.255 e. The number of nitrogens with one attached hydrogen (secondary N) is 2. The van der Waals surface area contributed by atoms with Crippen molar-refractivity contribution in [2.45, 2.75) is 44.8 Å². The molecule has 0 saturated carbocycles. The maximum absolute atomic E-state index is 13.0. The van der Waals surface area contributed by atoms with E-state index < -0.39 is 6.04 Å². The number of benzene rings is 1. The van der Waals surface area contributed by atoms with Gasteiger partial charge in [-0.3, -0.25) is 24.6 Å². The van der Waals surface area contributed by atoms with Gasteiger partial charge in [-0.05, 0) is 43.0 Å². The molecule has 1 aromatic rings. The van der Waals surface area contributed by atoms with E-state index >= 15 is 0 Å². The molecule has 5 rings (SSSR count). The molecule has 3 saturated heterocycles. The number of hydrogen-bond acceptors (Lipinski definition) is 5. The summed E-state index contributed by atoms with van der Waals surface area (Å²) in [5.74, 6) is -0.705. The van der Waals surface area contributed by atoms with Crippen LogP contribution in [0.1, 0.15) is 47.2 Å². The number of imide groups is 1. The molecule has 1 atom stereocenters. The fraction of sp³-hybridized carbons (Fsp3) is 0.571. The van der Waals surface area contributed by atoms with E-state index in [9.17, 15) is 14.4 Å². The number of likely N-dealkylation sites (tertiary alicyclic amines) is 1. The number of nitrogens with zero attached hydrogens (tertiary/aromatic N) is 2. The van der Waals surface area contributed by atoms with Crippen LogP contribution in [0.5, 0.6) is 0 Å². The number of carbonyl (C=O) groups is 3. The van der Waals surface area contributed by atoms with Crippen LogP contribution in [-0.4, -0.2) is 59.7 Å².